The first-order valence-electron chi connectivity index (χ1n) is 7.70. The lowest BCUT2D eigenvalue weighted by atomic mass is 9.89. The zero-order chi connectivity index (χ0) is 13.9. The third-order valence-electron chi connectivity index (χ3n) is 4.64. The second-order valence-corrected chi connectivity index (χ2v) is 8.42. The third kappa shape index (κ3) is 4.17. The highest BCUT2D eigenvalue weighted by molar-refractivity contribution is 7.89. The van der Waals surface area contributed by atoms with Crippen LogP contribution in [0.2, 0.25) is 0 Å². The van der Waals surface area contributed by atoms with Crippen LogP contribution >= 0.6 is 0 Å². The molecule has 2 rings (SSSR count). The average Bonchev–Trinajstić information content (AvgIpc) is 2.68. The molecule has 0 spiro atoms. The van der Waals surface area contributed by atoms with Crippen molar-refractivity contribution >= 4 is 10.0 Å². The Morgan fingerprint density at radius 1 is 1.16 bits per heavy atom. The van der Waals surface area contributed by atoms with Crippen LogP contribution in [0.15, 0.2) is 0 Å². The normalized spacial score (nSPS) is 30.7. The molecule has 2 heterocycles. The largest absolute Gasteiger partial charge is 0.313 e. The Labute approximate surface area is 118 Å². The highest BCUT2D eigenvalue weighted by Crippen LogP contribution is 2.26. The number of nitrogens with zero attached hydrogens (tertiary/aromatic N) is 1. The fourth-order valence-corrected chi connectivity index (χ4v) is 5.09. The van der Waals surface area contributed by atoms with Gasteiger partial charge in [-0.15, -0.1) is 0 Å². The lowest BCUT2D eigenvalue weighted by Gasteiger charge is -2.23. The molecule has 0 bridgehead atoms. The van der Waals surface area contributed by atoms with Crippen LogP contribution in [0.25, 0.3) is 0 Å². The van der Waals surface area contributed by atoms with Crippen molar-refractivity contribution in [3.63, 3.8) is 0 Å². The van der Waals surface area contributed by atoms with Crippen LogP contribution < -0.4 is 5.32 Å². The van der Waals surface area contributed by atoms with Gasteiger partial charge in [0.1, 0.15) is 0 Å². The van der Waals surface area contributed by atoms with Crippen molar-refractivity contribution in [1.82, 2.24) is 9.62 Å². The van der Waals surface area contributed by atoms with Crippen molar-refractivity contribution in [2.45, 2.75) is 52.0 Å². The first kappa shape index (κ1) is 15.3. The summed E-state index contributed by atoms with van der Waals surface area (Å²) in [7, 11) is -3.07. The molecule has 0 saturated carbocycles. The highest BCUT2D eigenvalue weighted by Gasteiger charge is 2.30. The van der Waals surface area contributed by atoms with Crippen LogP contribution in [0.1, 0.15) is 46.0 Å². The van der Waals surface area contributed by atoms with Gasteiger partial charge < -0.3 is 5.32 Å². The number of hydrogen-bond acceptors (Lipinski definition) is 3. The zero-order valence-electron chi connectivity index (χ0n) is 12.3. The summed E-state index contributed by atoms with van der Waals surface area (Å²) in [5.74, 6) is 1.64. The molecular weight excluding hydrogens is 260 g/mol. The molecule has 19 heavy (non-hydrogen) atoms. The van der Waals surface area contributed by atoms with Crippen molar-refractivity contribution in [3.8, 4) is 0 Å². The van der Waals surface area contributed by atoms with Gasteiger partial charge in [0.2, 0.25) is 10.0 Å². The van der Waals surface area contributed by atoms with Gasteiger partial charge in [-0.1, -0.05) is 13.8 Å². The highest BCUT2D eigenvalue weighted by atomic mass is 32.2. The summed E-state index contributed by atoms with van der Waals surface area (Å²) in [6.07, 6.45) is 5.32. The Balaban J connectivity index is 1.92. The minimum absolute atomic E-state index is 0.175. The molecule has 0 amide bonds. The summed E-state index contributed by atoms with van der Waals surface area (Å²) in [4.78, 5) is 0. The van der Waals surface area contributed by atoms with Gasteiger partial charge in [-0.05, 0) is 50.5 Å². The van der Waals surface area contributed by atoms with Gasteiger partial charge in [-0.2, -0.15) is 0 Å². The minimum atomic E-state index is -3.07. The first-order valence-corrected chi connectivity index (χ1v) is 9.31. The number of hydrogen-bond donors (Lipinski definition) is 1. The van der Waals surface area contributed by atoms with E-state index < -0.39 is 10.0 Å². The molecule has 0 aromatic heterocycles. The molecule has 112 valence electrons. The molecular formula is C14H28N2O2S. The second kappa shape index (κ2) is 6.55. The van der Waals surface area contributed by atoms with Crippen LogP contribution in [-0.2, 0) is 10.0 Å². The van der Waals surface area contributed by atoms with Crippen LogP contribution in [0.3, 0.4) is 0 Å². The smallest absolute Gasteiger partial charge is 0.215 e. The Morgan fingerprint density at radius 2 is 1.95 bits per heavy atom. The van der Waals surface area contributed by atoms with E-state index in [1.165, 1.54) is 6.42 Å². The van der Waals surface area contributed by atoms with Crippen molar-refractivity contribution < 1.29 is 8.42 Å². The molecule has 2 aliphatic heterocycles. The van der Waals surface area contributed by atoms with Gasteiger partial charge in [-0.25, -0.2) is 12.7 Å². The zero-order valence-corrected chi connectivity index (χ0v) is 13.1. The molecule has 2 atom stereocenters. The topological polar surface area (TPSA) is 49.4 Å². The van der Waals surface area contributed by atoms with E-state index >= 15 is 0 Å². The lowest BCUT2D eigenvalue weighted by Crippen LogP contribution is -2.40. The van der Waals surface area contributed by atoms with E-state index in [0.717, 1.165) is 45.3 Å². The Morgan fingerprint density at radius 3 is 2.58 bits per heavy atom. The molecule has 5 heteroatoms. The van der Waals surface area contributed by atoms with Crippen molar-refractivity contribution in [2.75, 3.05) is 25.4 Å². The average molecular weight is 288 g/mol. The fraction of sp³-hybridized carbons (Fsp3) is 1.00. The standard InChI is InChI=1S/C14H28N2O2S/c1-12(2)13-5-4-9-16(10-7-13)19(17,18)11-14-6-3-8-15-14/h12-15H,3-11H2,1-2H3. The van der Waals surface area contributed by atoms with Crippen molar-refractivity contribution in [1.29, 1.82) is 0 Å². The predicted molar refractivity (Wildman–Crippen MR) is 78.6 cm³/mol. The van der Waals surface area contributed by atoms with Crippen LogP contribution in [0.4, 0.5) is 0 Å². The summed E-state index contributed by atoms with van der Waals surface area (Å²) in [5.41, 5.74) is 0. The molecule has 4 nitrogen and oxygen atoms in total. The maximum Gasteiger partial charge on any atom is 0.215 e. The van der Waals surface area contributed by atoms with Gasteiger partial charge in [-0.3, -0.25) is 0 Å². The van der Waals surface area contributed by atoms with E-state index in [1.807, 2.05) is 0 Å². The van der Waals surface area contributed by atoms with Gasteiger partial charge in [0.25, 0.3) is 0 Å². The molecule has 2 unspecified atom stereocenters. The minimum Gasteiger partial charge on any atom is -0.313 e. The summed E-state index contributed by atoms with van der Waals surface area (Å²) >= 11 is 0. The van der Waals surface area contributed by atoms with Gasteiger partial charge in [0.15, 0.2) is 0 Å². The summed E-state index contributed by atoms with van der Waals surface area (Å²) < 4.78 is 26.7. The molecule has 2 fully saturated rings. The fourth-order valence-electron chi connectivity index (χ4n) is 3.30. The van der Waals surface area contributed by atoms with Gasteiger partial charge in [0, 0.05) is 19.1 Å². The van der Waals surface area contributed by atoms with E-state index in [1.54, 1.807) is 4.31 Å². The van der Waals surface area contributed by atoms with Gasteiger partial charge >= 0.3 is 0 Å². The molecule has 0 aromatic rings. The summed E-state index contributed by atoms with van der Waals surface area (Å²) in [6, 6.07) is 0.175. The SMILES string of the molecule is CC(C)C1CCCN(S(=O)(=O)CC2CCCN2)CC1. The lowest BCUT2D eigenvalue weighted by molar-refractivity contribution is 0.340. The van der Waals surface area contributed by atoms with Gasteiger partial charge in [0.05, 0.1) is 5.75 Å². The predicted octanol–water partition coefficient (Wildman–Crippen LogP) is 1.83. The Bertz CT molecular complexity index is 375. The van der Waals surface area contributed by atoms with E-state index in [2.05, 4.69) is 19.2 Å². The maximum atomic E-state index is 12.5. The first-order chi connectivity index (χ1) is 8.99. The molecule has 2 aliphatic rings. The molecule has 1 N–H and O–H groups in total. The number of nitrogens with one attached hydrogen (secondary N) is 1. The Hall–Kier alpha value is -0.130. The quantitative estimate of drug-likeness (QED) is 0.858. The number of sulfonamides is 1. The van der Waals surface area contributed by atoms with E-state index in [9.17, 15) is 8.42 Å². The monoisotopic (exact) mass is 288 g/mol. The van der Waals surface area contributed by atoms with Crippen LogP contribution in [0, 0.1) is 11.8 Å². The molecule has 0 radical (unpaired) electrons. The van der Waals surface area contributed by atoms with E-state index in [4.69, 9.17) is 0 Å². The summed E-state index contributed by atoms with van der Waals surface area (Å²) in [5, 5.41) is 3.29. The Kier molecular flexibility index (Phi) is 5.26. The van der Waals surface area contributed by atoms with Crippen molar-refractivity contribution in [3.05, 3.63) is 0 Å². The van der Waals surface area contributed by atoms with Crippen LogP contribution in [0.5, 0.6) is 0 Å². The summed E-state index contributed by atoms with van der Waals surface area (Å²) in [6.45, 7) is 6.90. The molecule has 0 aliphatic carbocycles. The number of rotatable bonds is 4. The molecule has 0 aromatic carbocycles. The third-order valence-corrected chi connectivity index (χ3v) is 6.62. The van der Waals surface area contributed by atoms with E-state index in [0.29, 0.717) is 17.6 Å². The maximum absolute atomic E-state index is 12.5. The second-order valence-electron chi connectivity index (χ2n) is 6.41. The van der Waals surface area contributed by atoms with E-state index in [-0.39, 0.29) is 6.04 Å². The molecule has 2 saturated heterocycles. The van der Waals surface area contributed by atoms with Crippen molar-refractivity contribution in [2.24, 2.45) is 11.8 Å². The van der Waals surface area contributed by atoms with Crippen LogP contribution in [-0.4, -0.2) is 44.2 Å².